The Morgan fingerprint density at radius 1 is 1.00 bits per heavy atom. The van der Waals surface area contributed by atoms with E-state index in [1.54, 1.807) is 40.8 Å². The van der Waals surface area contributed by atoms with Crippen LogP contribution < -0.4 is 4.90 Å². The first-order valence-electron chi connectivity index (χ1n) is 10.3. The molecule has 6 nitrogen and oxygen atoms in total. The molecular weight excluding hydrogens is 471 g/mol. The number of aromatic nitrogens is 1. The fourth-order valence-electron chi connectivity index (χ4n) is 4.25. The number of halogens is 2. The molecule has 30 heavy (non-hydrogen) atoms. The molecule has 162 valence electrons. The van der Waals surface area contributed by atoms with Crippen molar-refractivity contribution in [2.75, 3.05) is 50.7 Å². The molecule has 0 aliphatic carbocycles. The number of sulfonamides is 1. The molecule has 2 aliphatic heterocycles. The molecule has 2 fully saturated rings. The Hall–Kier alpha value is -1.55. The van der Waals surface area contributed by atoms with Crippen LogP contribution in [0.3, 0.4) is 0 Å². The average molecular weight is 497 g/mol. The Balaban J connectivity index is 1.26. The minimum atomic E-state index is -3.44. The van der Waals surface area contributed by atoms with E-state index in [1.165, 1.54) is 6.20 Å². The van der Waals surface area contributed by atoms with E-state index in [4.69, 9.17) is 0 Å². The number of anilines is 1. The second-order valence-electron chi connectivity index (χ2n) is 7.92. The van der Waals surface area contributed by atoms with Gasteiger partial charge < -0.3 is 9.80 Å². The van der Waals surface area contributed by atoms with Gasteiger partial charge in [0.05, 0.1) is 16.8 Å². The molecule has 1 aromatic heterocycles. The first kappa shape index (κ1) is 21.7. The SMILES string of the molecule is O=S(=O)(c1ccc(Br)cc1)N1CCN(CC2CCN(c3ccncc3F)CC2)CC1. The van der Waals surface area contributed by atoms with Crippen LogP contribution in [0.5, 0.6) is 0 Å². The summed E-state index contributed by atoms with van der Waals surface area (Å²) in [6.07, 6.45) is 4.92. The Morgan fingerprint density at radius 2 is 1.67 bits per heavy atom. The molecule has 3 heterocycles. The van der Waals surface area contributed by atoms with Gasteiger partial charge in [0.15, 0.2) is 5.82 Å². The fourth-order valence-corrected chi connectivity index (χ4v) is 5.94. The van der Waals surface area contributed by atoms with Crippen LogP contribution in [-0.2, 0) is 10.0 Å². The topological polar surface area (TPSA) is 56.8 Å². The van der Waals surface area contributed by atoms with Gasteiger partial charge in [-0.25, -0.2) is 12.8 Å². The van der Waals surface area contributed by atoms with Gasteiger partial charge in [-0.05, 0) is 49.1 Å². The molecule has 0 N–H and O–H groups in total. The molecule has 0 saturated carbocycles. The van der Waals surface area contributed by atoms with Crippen molar-refractivity contribution in [2.45, 2.75) is 17.7 Å². The van der Waals surface area contributed by atoms with Crippen molar-refractivity contribution in [1.29, 1.82) is 0 Å². The summed E-state index contributed by atoms with van der Waals surface area (Å²) < 4.78 is 42.1. The monoisotopic (exact) mass is 496 g/mol. The maximum Gasteiger partial charge on any atom is 0.243 e. The van der Waals surface area contributed by atoms with Gasteiger partial charge in [-0.2, -0.15) is 4.31 Å². The highest BCUT2D eigenvalue weighted by atomic mass is 79.9. The van der Waals surface area contributed by atoms with Crippen molar-refractivity contribution >= 4 is 31.6 Å². The van der Waals surface area contributed by atoms with Crippen LogP contribution in [0.15, 0.2) is 52.1 Å². The van der Waals surface area contributed by atoms with Gasteiger partial charge in [0.1, 0.15) is 0 Å². The Morgan fingerprint density at radius 3 is 2.30 bits per heavy atom. The third kappa shape index (κ3) is 4.85. The first-order chi connectivity index (χ1) is 14.4. The molecule has 2 aromatic rings. The third-order valence-electron chi connectivity index (χ3n) is 6.01. The third-order valence-corrected chi connectivity index (χ3v) is 8.45. The van der Waals surface area contributed by atoms with E-state index in [0.717, 1.165) is 50.0 Å². The lowest BCUT2D eigenvalue weighted by atomic mass is 9.95. The summed E-state index contributed by atoms with van der Waals surface area (Å²) in [6.45, 7) is 5.16. The highest BCUT2D eigenvalue weighted by molar-refractivity contribution is 9.10. The summed E-state index contributed by atoms with van der Waals surface area (Å²) in [7, 11) is -3.44. The van der Waals surface area contributed by atoms with Crippen LogP contribution in [0.2, 0.25) is 0 Å². The van der Waals surface area contributed by atoms with E-state index in [2.05, 4.69) is 30.7 Å². The van der Waals surface area contributed by atoms with Crippen molar-refractivity contribution < 1.29 is 12.8 Å². The van der Waals surface area contributed by atoms with Gasteiger partial charge in [-0.3, -0.25) is 4.98 Å². The molecule has 0 bridgehead atoms. The standard InChI is InChI=1S/C21H26BrFN4O2S/c22-18-1-3-19(4-2-18)30(28,29)27-13-11-25(12-14-27)16-17-6-9-26(10-7-17)21-5-8-24-15-20(21)23/h1-5,8,15,17H,6-7,9-14,16H2. The van der Waals surface area contributed by atoms with Crippen LogP contribution in [0, 0.1) is 11.7 Å². The predicted molar refractivity (Wildman–Crippen MR) is 118 cm³/mol. The van der Waals surface area contributed by atoms with Gasteiger partial charge >= 0.3 is 0 Å². The predicted octanol–water partition coefficient (Wildman–Crippen LogP) is 3.21. The normalized spacial score (nSPS) is 19.9. The number of hydrogen-bond acceptors (Lipinski definition) is 5. The van der Waals surface area contributed by atoms with Crippen LogP contribution in [0.1, 0.15) is 12.8 Å². The quantitative estimate of drug-likeness (QED) is 0.635. The molecule has 0 unspecified atom stereocenters. The van der Waals surface area contributed by atoms with Gasteiger partial charge in [0.25, 0.3) is 0 Å². The number of benzene rings is 1. The summed E-state index contributed by atoms with van der Waals surface area (Å²) in [4.78, 5) is 8.62. The van der Waals surface area contributed by atoms with Crippen molar-refractivity contribution in [3.63, 3.8) is 0 Å². The van der Waals surface area contributed by atoms with E-state index in [1.807, 2.05) is 0 Å². The number of nitrogens with zero attached hydrogens (tertiary/aromatic N) is 4. The van der Waals surface area contributed by atoms with Crippen LogP contribution in [0.4, 0.5) is 10.1 Å². The minimum Gasteiger partial charge on any atom is -0.369 e. The van der Waals surface area contributed by atoms with Crippen molar-refractivity contribution in [2.24, 2.45) is 5.92 Å². The zero-order valence-electron chi connectivity index (χ0n) is 16.8. The number of hydrogen-bond donors (Lipinski definition) is 0. The van der Waals surface area contributed by atoms with Crippen LogP contribution >= 0.6 is 15.9 Å². The minimum absolute atomic E-state index is 0.265. The van der Waals surface area contributed by atoms with Crippen molar-refractivity contribution in [3.8, 4) is 0 Å². The summed E-state index contributed by atoms with van der Waals surface area (Å²) in [6, 6.07) is 8.54. The smallest absolute Gasteiger partial charge is 0.243 e. The van der Waals surface area contributed by atoms with Crippen molar-refractivity contribution in [1.82, 2.24) is 14.2 Å². The Bertz CT molecular complexity index is 957. The molecular formula is C21H26BrFN4O2S. The molecule has 9 heteroatoms. The van der Waals surface area contributed by atoms with E-state index < -0.39 is 10.0 Å². The summed E-state index contributed by atoms with van der Waals surface area (Å²) in [5, 5.41) is 0. The zero-order valence-corrected chi connectivity index (χ0v) is 19.2. The highest BCUT2D eigenvalue weighted by Crippen LogP contribution is 2.26. The maximum atomic E-state index is 14.0. The van der Waals surface area contributed by atoms with E-state index in [9.17, 15) is 12.8 Å². The molecule has 1 aromatic carbocycles. The van der Waals surface area contributed by atoms with E-state index in [-0.39, 0.29) is 5.82 Å². The second-order valence-corrected chi connectivity index (χ2v) is 10.8. The van der Waals surface area contributed by atoms with Gasteiger partial charge in [-0.15, -0.1) is 0 Å². The number of rotatable bonds is 5. The highest BCUT2D eigenvalue weighted by Gasteiger charge is 2.30. The molecule has 0 amide bonds. The van der Waals surface area contributed by atoms with Gasteiger partial charge in [-0.1, -0.05) is 15.9 Å². The van der Waals surface area contributed by atoms with E-state index >= 15 is 0 Å². The van der Waals surface area contributed by atoms with Crippen LogP contribution in [-0.4, -0.2) is 68.4 Å². The van der Waals surface area contributed by atoms with Crippen molar-refractivity contribution in [3.05, 3.63) is 53.0 Å². The number of piperazine rings is 1. The molecule has 4 rings (SSSR count). The summed E-state index contributed by atoms with van der Waals surface area (Å²) in [5.41, 5.74) is 0.634. The zero-order chi connectivity index (χ0) is 21.1. The summed E-state index contributed by atoms with van der Waals surface area (Å²) >= 11 is 3.34. The molecule has 0 spiro atoms. The second kappa shape index (κ2) is 9.30. The maximum absolute atomic E-state index is 14.0. The lowest BCUT2D eigenvalue weighted by Crippen LogP contribution is -2.50. The number of piperidine rings is 1. The largest absolute Gasteiger partial charge is 0.369 e. The summed E-state index contributed by atoms with van der Waals surface area (Å²) in [5.74, 6) is 0.292. The average Bonchev–Trinajstić information content (AvgIpc) is 2.75. The molecule has 0 radical (unpaired) electrons. The van der Waals surface area contributed by atoms with E-state index in [0.29, 0.717) is 29.6 Å². The molecule has 2 saturated heterocycles. The lowest BCUT2D eigenvalue weighted by Gasteiger charge is -2.39. The van der Waals surface area contributed by atoms with Gasteiger partial charge in [0, 0.05) is 56.5 Å². The Kier molecular flexibility index (Phi) is 6.72. The lowest BCUT2D eigenvalue weighted by molar-refractivity contribution is 0.155. The Labute approximate surface area is 185 Å². The molecule has 2 aliphatic rings. The van der Waals surface area contributed by atoms with Crippen LogP contribution in [0.25, 0.3) is 0 Å². The first-order valence-corrected chi connectivity index (χ1v) is 12.5. The van der Waals surface area contributed by atoms with Gasteiger partial charge in [0.2, 0.25) is 10.0 Å². The fraction of sp³-hybridized carbons (Fsp3) is 0.476. The molecule has 0 atom stereocenters. The number of pyridine rings is 1.